The van der Waals surface area contributed by atoms with Crippen LogP contribution < -0.4 is 25.4 Å². The maximum absolute atomic E-state index is 12.2. The zero-order chi connectivity index (χ0) is 23.8. The summed E-state index contributed by atoms with van der Waals surface area (Å²) in [7, 11) is 0. The van der Waals surface area contributed by atoms with Crippen molar-refractivity contribution in [1.82, 2.24) is 20.6 Å². The van der Waals surface area contributed by atoms with Crippen molar-refractivity contribution in [3.05, 3.63) is 40.6 Å². The number of amides is 2. The van der Waals surface area contributed by atoms with Crippen LogP contribution in [0.15, 0.2) is 30.5 Å². The lowest BCUT2D eigenvalue weighted by Gasteiger charge is -2.29. The molecule has 0 aliphatic heterocycles. The molecule has 1 saturated carbocycles. The van der Waals surface area contributed by atoms with E-state index in [0.717, 1.165) is 44.0 Å². The molecule has 0 saturated heterocycles. The molecule has 14 heteroatoms. The molecule has 2 aromatic rings. The van der Waals surface area contributed by atoms with Crippen LogP contribution in [0.4, 0.5) is 29.5 Å². The van der Waals surface area contributed by atoms with Crippen molar-refractivity contribution in [1.29, 1.82) is 0 Å². The summed E-state index contributed by atoms with van der Waals surface area (Å²) in [6.45, 7) is 0.823. The van der Waals surface area contributed by atoms with Crippen LogP contribution in [0, 0.1) is 10.1 Å². The highest BCUT2D eigenvalue weighted by Crippen LogP contribution is 2.24. The summed E-state index contributed by atoms with van der Waals surface area (Å²) in [6.07, 6.45) is -0.495. The zero-order valence-corrected chi connectivity index (χ0v) is 17.4. The Kier molecular flexibility index (Phi) is 7.92. The van der Waals surface area contributed by atoms with E-state index < -0.39 is 17.3 Å². The highest BCUT2D eigenvalue weighted by Gasteiger charge is 2.31. The second-order valence-electron chi connectivity index (χ2n) is 7.35. The van der Waals surface area contributed by atoms with Crippen molar-refractivity contribution in [3.63, 3.8) is 0 Å². The lowest BCUT2D eigenvalue weighted by molar-refractivity contribution is -0.389. The summed E-state index contributed by atoms with van der Waals surface area (Å²) >= 11 is 0. The number of carbonyl (C=O) groups excluding carboxylic acids is 1. The fraction of sp³-hybridized carbons (Fsp3) is 0.474. The van der Waals surface area contributed by atoms with Gasteiger partial charge in [0.2, 0.25) is 0 Å². The third-order valence-corrected chi connectivity index (χ3v) is 4.92. The van der Waals surface area contributed by atoms with E-state index in [9.17, 15) is 28.1 Å². The molecule has 1 heterocycles. The number of H-pyrrole nitrogens is 1. The smallest absolute Gasteiger partial charge is 0.446 e. The van der Waals surface area contributed by atoms with Crippen molar-refractivity contribution < 1.29 is 32.4 Å². The third kappa shape index (κ3) is 8.14. The summed E-state index contributed by atoms with van der Waals surface area (Å²) in [5.41, 5.74) is 0.347. The van der Waals surface area contributed by atoms with Crippen LogP contribution in [0.3, 0.4) is 0 Å². The van der Waals surface area contributed by atoms with Crippen molar-refractivity contribution in [2.45, 2.75) is 44.1 Å². The Bertz CT molecular complexity index is 929. The van der Waals surface area contributed by atoms with Crippen molar-refractivity contribution in [2.24, 2.45) is 0 Å². The fourth-order valence-corrected chi connectivity index (χ4v) is 3.41. The summed E-state index contributed by atoms with van der Waals surface area (Å²) in [5, 5.41) is 19.4. The number of alkyl halides is 3. The summed E-state index contributed by atoms with van der Waals surface area (Å²) in [4.78, 5) is 28.4. The molecule has 3 rings (SSSR count). The molecule has 0 spiro atoms. The number of halogens is 3. The van der Waals surface area contributed by atoms with E-state index in [1.807, 2.05) is 0 Å². The van der Waals surface area contributed by atoms with Gasteiger partial charge in [0, 0.05) is 24.3 Å². The predicted molar refractivity (Wildman–Crippen MR) is 110 cm³/mol. The lowest BCUT2D eigenvalue weighted by Crippen LogP contribution is -2.44. The molecule has 1 aliphatic rings. The van der Waals surface area contributed by atoms with E-state index in [4.69, 9.17) is 4.74 Å². The van der Waals surface area contributed by atoms with Gasteiger partial charge in [0.25, 0.3) is 0 Å². The third-order valence-electron chi connectivity index (χ3n) is 4.92. The molecule has 0 atom stereocenters. The highest BCUT2D eigenvalue weighted by molar-refractivity contribution is 5.89. The Morgan fingerprint density at radius 1 is 1.18 bits per heavy atom. The lowest BCUT2D eigenvalue weighted by atomic mass is 9.91. The number of nitrogens with zero attached hydrogens (tertiary/aromatic N) is 2. The van der Waals surface area contributed by atoms with Gasteiger partial charge < -0.3 is 35.5 Å². The molecule has 33 heavy (non-hydrogen) atoms. The second-order valence-corrected chi connectivity index (χ2v) is 7.35. The van der Waals surface area contributed by atoms with Gasteiger partial charge in [-0.2, -0.15) is 9.97 Å². The SMILES string of the molecule is O=C(Nc1ccc(OC(F)(F)F)cc1)NC1CCC(NCCOc2ncc([N+](=O)[O-])[nH]2)CC1. The van der Waals surface area contributed by atoms with Gasteiger partial charge in [0.05, 0.1) is 0 Å². The topological polar surface area (TPSA) is 143 Å². The number of nitro groups is 1. The molecule has 0 unspecified atom stereocenters. The standard InChI is InChI=1S/C19H23F3N6O5/c20-19(21,22)33-15-7-5-14(6-8-15)26-17(29)25-13-3-1-12(2-4-13)23-9-10-32-18-24-11-16(27-18)28(30)31/h5-8,11-13,23H,1-4,9-10H2,(H,24,27)(H2,25,26,29). The number of hydrogen-bond donors (Lipinski definition) is 4. The molecule has 2 amide bonds. The van der Waals surface area contributed by atoms with Gasteiger partial charge in [-0.1, -0.05) is 0 Å². The predicted octanol–water partition coefficient (Wildman–Crippen LogP) is 3.32. The number of imidazole rings is 1. The van der Waals surface area contributed by atoms with Gasteiger partial charge >= 0.3 is 24.2 Å². The zero-order valence-electron chi connectivity index (χ0n) is 17.4. The maximum atomic E-state index is 12.2. The number of ether oxygens (including phenoxy) is 2. The molecule has 4 N–H and O–H groups in total. The monoisotopic (exact) mass is 472 g/mol. The van der Waals surface area contributed by atoms with Crippen LogP contribution in [0.25, 0.3) is 0 Å². The van der Waals surface area contributed by atoms with Crippen LogP contribution in [0.5, 0.6) is 11.8 Å². The number of carbonyl (C=O) groups is 1. The van der Waals surface area contributed by atoms with Crippen molar-refractivity contribution in [3.8, 4) is 11.8 Å². The Balaban J connectivity index is 1.30. The first-order valence-corrected chi connectivity index (χ1v) is 10.2. The van der Waals surface area contributed by atoms with E-state index in [1.165, 1.54) is 12.1 Å². The normalized spacial score (nSPS) is 18.4. The van der Waals surface area contributed by atoms with E-state index in [0.29, 0.717) is 12.2 Å². The largest absolute Gasteiger partial charge is 0.573 e. The van der Waals surface area contributed by atoms with Gasteiger partial charge in [-0.05, 0) is 54.9 Å². The summed E-state index contributed by atoms with van der Waals surface area (Å²) in [6, 6.07) is 4.78. The van der Waals surface area contributed by atoms with Gasteiger partial charge in [0.15, 0.2) is 0 Å². The number of aromatic amines is 1. The van der Waals surface area contributed by atoms with E-state index in [2.05, 4.69) is 30.7 Å². The average Bonchev–Trinajstić information content (AvgIpc) is 3.22. The first-order chi connectivity index (χ1) is 15.7. The molecule has 180 valence electrons. The summed E-state index contributed by atoms with van der Waals surface area (Å²) < 4.78 is 45.7. The van der Waals surface area contributed by atoms with E-state index >= 15 is 0 Å². The van der Waals surface area contributed by atoms with E-state index in [1.54, 1.807) is 0 Å². The van der Waals surface area contributed by atoms with Crippen LogP contribution >= 0.6 is 0 Å². The van der Waals surface area contributed by atoms with Crippen molar-refractivity contribution in [2.75, 3.05) is 18.5 Å². The molecule has 1 fully saturated rings. The van der Waals surface area contributed by atoms with Crippen LogP contribution in [0.2, 0.25) is 0 Å². The van der Waals surface area contributed by atoms with Gasteiger partial charge in [-0.3, -0.25) is 0 Å². The van der Waals surface area contributed by atoms with E-state index in [-0.39, 0.29) is 36.3 Å². The maximum Gasteiger partial charge on any atom is 0.573 e. The second kappa shape index (κ2) is 10.8. The quantitative estimate of drug-likeness (QED) is 0.249. The average molecular weight is 472 g/mol. The number of urea groups is 1. The molecular weight excluding hydrogens is 449 g/mol. The van der Waals surface area contributed by atoms with Crippen LogP contribution in [-0.4, -0.2) is 52.5 Å². The first kappa shape index (κ1) is 24.1. The number of aromatic nitrogens is 2. The number of benzene rings is 1. The fourth-order valence-electron chi connectivity index (χ4n) is 3.41. The van der Waals surface area contributed by atoms with Crippen LogP contribution in [0.1, 0.15) is 25.7 Å². The minimum atomic E-state index is -4.77. The minimum absolute atomic E-state index is 0.0178. The van der Waals surface area contributed by atoms with Gasteiger partial charge in [-0.25, -0.2) is 4.79 Å². The number of hydrogen-bond acceptors (Lipinski definition) is 7. The summed E-state index contributed by atoms with van der Waals surface area (Å²) in [5.74, 6) is -0.601. The van der Waals surface area contributed by atoms with Crippen molar-refractivity contribution >= 4 is 17.5 Å². The molecule has 1 aromatic heterocycles. The first-order valence-electron chi connectivity index (χ1n) is 10.2. The highest BCUT2D eigenvalue weighted by atomic mass is 19.4. The van der Waals surface area contributed by atoms with Gasteiger partial charge in [-0.15, -0.1) is 13.2 Å². The van der Waals surface area contributed by atoms with Crippen LogP contribution in [-0.2, 0) is 0 Å². The molecule has 1 aliphatic carbocycles. The Hall–Kier alpha value is -3.55. The Morgan fingerprint density at radius 2 is 1.85 bits per heavy atom. The van der Waals surface area contributed by atoms with Gasteiger partial charge in [0.1, 0.15) is 18.6 Å². The molecule has 0 radical (unpaired) electrons. The Morgan fingerprint density at radius 3 is 2.45 bits per heavy atom. The Labute approximate surface area is 186 Å². The number of rotatable bonds is 9. The molecule has 11 nitrogen and oxygen atoms in total. The molecular formula is C19H23F3N6O5. The number of anilines is 1. The molecule has 1 aromatic carbocycles. The minimum Gasteiger partial charge on any atom is -0.446 e. The molecule has 0 bridgehead atoms. The number of nitrogens with one attached hydrogen (secondary N) is 4.